The van der Waals surface area contributed by atoms with Crippen molar-refractivity contribution in [3.8, 4) is 17.4 Å². The molecular weight excluding hydrogens is 208 g/mol. The lowest BCUT2D eigenvalue weighted by Gasteiger charge is -2.01. The van der Waals surface area contributed by atoms with Gasteiger partial charge in [0.25, 0.3) is 0 Å². The van der Waals surface area contributed by atoms with Crippen LogP contribution in [0.3, 0.4) is 0 Å². The predicted octanol–water partition coefficient (Wildman–Crippen LogP) is 0.544. The molecule has 0 spiro atoms. The highest BCUT2D eigenvalue weighted by atomic mass is 16.5. The number of aryl methyl sites for hydroxylation is 1. The highest BCUT2D eigenvalue weighted by Gasteiger charge is 2.05. The average molecular weight is 218 g/mol. The molecule has 0 aromatic carbocycles. The van der Waals surface area contributed by atoms with E-state index in [1.807, 2.05) is 19.1 Å². The van der Waals surface area contributed by atoms with E-state index in [1.54, 1.807) is 6.20 Å². The number of nitrogens with zero attached hydrogens (tertiary/aromatic N) is 3. The summed E-state index contributed by atoms with van der Waals surface area (Å²) in [4.78, 5) is 25.4. The quantitative estimate of drug-likeness (QED) is 0.795. The third-order valence-electron chi connectivity index (χ3n) is 2.00. The van der Waals surface area contributed by atoms with Crippen molar-refractivity contribution in [1.82, 2.24) is 19.9 Å². The third kappa shape index (κ3) is 2.05. The summed E-state index contributed by atoms with van der Waals surface area (Å²) < 4.78 is 4.82. The van der Waals surface area contributed by atoms with Gasteiger partial charge in [-0.15, -0.1) is 4.98 Å². The van der Waals surface area contributed by atoms with Crippen LogP contribution < -0.4 is 10.4 Å². The van der Waals surface area contributed by atoms with E-state index in [-0.39, 0.29) is 6.01 Å². The van der Waals surface area contributed by atoms with E-state index in [0.717, 1.165) is 5.69 Å². The standard InChI is InChI=1S/C10H10N4O2/c1-6-3-4-7(5-11-6)8-12-9(15)14-10(13-8)16-2/h3-5H,1-2H3,(H,12,13,14,15). The summed E-state index contributed by atoms with van der Waals surface area (Å²) >= 11 is 0. The fourth-order valence-electron chi connectivity index (χ4n) is 1.20. The molecule has 0 atom stereocenters. The summed E-state index contributed by atoms with van der Waals surface area (Å²) in [5, 5.41) is 0. The summed E-state index contributed by atoms with van der Waals surface area (Å²) in [6.45, 7) is 1.88. The van der Waals surface area contributed by atoms with E-state index in [2.05, 4.69) is 19.9 Å². The number of aromatic nitrogens is 4. The minimum Gasteiger partial charge on any atom is -0.467 e. The third-order valence-corrected chi connectivity index (χ3v) is 2.00. The first-order valence-corrected chi connectivity index (χ1v) is 4.64. The highest BCUT2D eigenvalue weighted by molar-refractivity contribution is 5.52. The Morgan fingerprint density at radius 1 is 1.31 bits per heavy atom. The van der Waals surface area contributed by atoms with Gasteiger partial charge in [-0.25, -0.2) is 4.79 Å². The van der Waals surface area contributed by atoms with E-state index in [9.17, 15) is 4.79 Å². The molecule has 0 aliphatic carbocycles. The van der Waals surface area contributed by atoms with E-state index in [1.165, 1.54) is 7.11 Å². The van der Waals surface area contributed by atoms with Gasteiger partial charge in [0.2, 0.25) is 0 Å². The summed E-state index contributed by atoms with van der Waals surface area (Å²) in [6.07, 6.45) is 1.63. The molecule has 6 heteroatoms. The molecule has 0 amide bonds. The number of nitrogens with one attached hydrogen (secondary N) is 1. The van der Waals surface area contributed by atoms with Crippen LogP contribution in [0.2, 0.25) is 0 Å². The Labute approximate surface area is 91.4 Å². The lowest BCUT2D eigenvalue weighted by molar-refractivity contribution is 0.377. The van der Waals surface area contributed by atoms with Crippen LogP contribution in [0.4, 0.5) is 0 Å². The maximum absolute atomic E-state index is 11.2. The molecule has 0 aliphatic rings. The van der Waals surface area contributed by atoms with Crippen molar-refractivity contribution >= 4 is 0 Å². The van der Waals surface area contributed by atoms with Gasteiger partial charge >= 0.3 is 11.7 Å². The number of rotatable bonds is 2. The molecule has 0 saturated carbocycles. The largest absolute Gasteiger partial charge is 0.467 e. The number of aromatic amines is 1. The van der Waals surface area contributed by atoms with Crippen molar-refractivity contribution in [2.45, 2.75) is 6.92 Å². The normalized spacial score (nSPS) is 10.1. The Bertz CT molecular complexity index is 547. The molecule has 2 aromatic rings. The van der Waals surface area contributed by atoms with Gasteiger partial charge in [0.1, 0.15) is 5.82 Å². The minimum atomic E-state index is -0.498. The topological polar surface area (TPSA) is 80.8 Å². The fraction of sp³-hybridized carbons (Fsp3) is 0.200. The number of hydrogen-bond acceptors (Lipinski definition) is 5. The van der Waals surface area contributed by atoms with Crippen molar-refractivity contribution in [1.29, 1.82) is 0 Å². The zero-order chi connectivity index (χ0) is 11.5. The molecule has 0 radical (unpaired) electrons. The summed E-state index contributed by atoms with van der Waals surface area (Å²) in [6, 6.07) is 3.70. The highest BCUT2D eigenvalue weighted by Crippen LogP contribution is 2.13. The lowest BCUT2D eigenvalue weighted by atomic mass is 10.2. The Morgan fingerprint density at radius 3 is 2.75 bits per heavy atom. The van der Waals surface area contributed by atoms with Crippen LogP contribution in [-0.4, -0.2) is 27.0 Å². The van der Waals surface area contributed by atoms with Crippen molar-refractivity contribution < 1.29 is 4.74 Å². The Kier molecular flexibility index (Phi) is 2.63. The average Bonchev–Trinajstić information content (AvgIpc) is 2.29. The fourth-order valence-corrected chi connectivity index (χ4v) is 1.20. The van der Waals surface area contributed by atoms with Gasteiger partial charge in [-0.1, -0.05) is 0 Å². The van der Waals surface area contributed by atoms with Gasteiger partial charge in [-0.3, -0.25) is 9.97 Å². The van der Waals surface area contributed by atoms with Gasteiger partial charge in [0.15, 0.2) is 0 Å². The van der Waals surface area contributed by atoms with Crippen molar-refractivity contribution in [2.75, 3.05) is 7.11 Å². The molecule has 2 aromatic heterocycles. The SMILES string of the molecule is COc1nc(-c2ccc(C)nc2)[nH]c(=O)n1. The van der Waals surface area contributed by atoms with Crippen LogP contribution >= 0.6 is 0 Å². The van der Waals surface area contributed by atoms with Crippen molar-refractivity contribution in [3.05, 3.63) is 34.5 Å². The number of H-pyrrole nitrogens is 1. The molecule has 82 valence electrons. The van der Waals surface area contributed by atoms with Crippen LogP contribution in [0.15, 0.2) is 23.1 Å². The molecule has 1 N–H and O–H groups in total. The maximum atomic E-state index is 11.2. The summed E-state index contributed by atoms with van der Waals surface area (Å²) in [5.74, 6) is 0.393. The molecular formula is C10H10N4O2. The monoisotopic (exact) mass is 218 g/mol. The van der Waals surface area contributed by atoms with E-state index in [0.29, 0.717) is 11.4 Å². The molecule has 0 aliphatic heterocycles. The second-order valence-electron chi connectivity index (χ2n) is 3.18. The van der Waals surface area contributed by atoms with Gasteiger partial charge in [-0.2, -0.15) is 4.98 Å². The second kappa shape index (κ2) is 4.09. The van der Waals surface area contributed by atoms with Gasteiger partial charge in [0, 0.05) is 17.5 Å². The number of pyridine rings is 1. The Hall–Kier alpha value is -2.24. The number of hydrogen-bond donors (Lipinski definition) is 1. The molecule has 0 bridgehead atoms. The minimum absolute atomic E-state index is 0.0410. The zero-order valence-electron chi connectivity index (χ0n) is 8.89. The maximum Gasteiger partial charge on any atom is 0.351 e. The van der Waals surface area contributed by atoms with Crippen LogP contribution in [0, 0.1) is 6.92 Å². The van der Waals surface area contributed by atoms with Crippen molar-refractivity contribution in [3.63, 3.8) is 0 Å². The molecule has 16 heavy (non-hydrogen) atoms. The van der Waals surface area contributed by atoms with Crippen LogP contribution in [0.1, 0.15) is 5.69 Å². The molecule has 0 saturated heterocycles. The van der Waals surface area contributed by atoms with Crippen LogP contribution in [0.25, 0.3) is 11.4 Å². The first kappa shape index (κ1) is 10.3. The smallest absolute Gasteiger partial charge is 0.351 e. The molecule has 6 nitrogen and oxygen atoms in total. The summed E-state index contributed by atoms with van der Waals surface area (Å²) in [7, 11) is 1.41. The summed E-state index contributed by atoms with van der Waals surface area (Å²) in [5.41, 5.74) is 1.11. The van der Waals surface area contributed by atoms with Gasteiger partial charge in [-0.05, 0) is 19.1 Å². The Balaban J connectivity index is 2.51. The second-order valence-corrected chi connectivity index (χ2v) is 3.18. The number of methoxy groups -OCH3 is 1. The number of ether oxygens (including phenoxy) is 1. The Morgan fingerprint density at radius 2 is 2.12 bits per heavy atom. The van der Waals surface area contributed by atoms with Crippen LogP contribution in [0.5, 0.6) is 6.01 Å². The zero-order valence-corrected chi connectivity index (χ0v) is 8.89. The first-order valence-electron chi connectivity index (χ1n) is 4.64. The first-order chi connectivity index (χ1) is 7.69. The van der Waals surface area contributed by atoms with E-state index in [4.69, 9.17) is 4.74 Å². The molecule has 2 heterocycles. The molecule has 0 fully saturated rings. The van der Waals surface area contributed by atoms with Gasteiger partial charge < -0.3 is 4.74 Å². The van der Waals surface area contributed by atoms with Crippen LogP contribution in [-0.2, 0) is 0 Å². The van der Waals surface area contributed by atoms with Gasteiger partial charge in [0.05, 0.1) is 7.11 Å². The van der Waals surface area contributed by atoms with Crippen molar-refractivity contribution in [2.24, 2.45) is 0 Å². The lowest BCUT2D eigenvalue weighted by Crippen LogP contribution is -2.14. The molecule has 0 unspecified atom stereocenters. The van der Waals surface area contributed by atoms with E-state index >= 15 is 0 Å². The molecule has 2 rings (SSSR count). The predicted molar refractivity (Wildman–Crippen MR) is 57.2 cm³/mol. The van der Waals surface area contributed by atoms with E-state index < -0.39 is 5.69 Å².